The van der Waals surface area contributed by atoms with E-state index in [1.54, 1.807) is 12.3 Å². The molecule has 3 rings (SSSR count). The van der Waals surface area contributed by atoms with Gasteiger partial charge in [-0.2, -0.15) is 0 Å². The van der Waals surface area contributed by atoms with Crippen molar-refractivity contribution in [2.24, 2.45) is 0 Å². The van der Waals surface area contributed by atoms with Crippen LogP contribution >= 0.6 is 0 Å². The van der Waals surface area contributed by atoms with Crippen LogP contribution in [0.15, 0.2) is 55.3 Å². The van der Waals surface area contributed by atoms with Crippen LogP contribution in [0.5, 0.6) is 0 Å². The molecule has 12 nitrogen and oxygen atoms in total. The van der Waals surface area contributed by atoms with E-state index in [2.05, 4.69) is 21.9 Å². The second-order valence-electron chi connectivity index (χ2n) is 4.57. The fourth-order valence-corrected chi connectivity index (χ4v) is 1.99. The van der Waals surface area contributed by atoms with E-state index < -0.39 is 10.2 Å². The molecule has 0 saturated heterocycles. The van der Waals surface area contributed by atoms with Gasteiger partial charge in [-0.05, 0) is 36.4 Å². The summed E-state index contributed by atoms with van der Waals surface area (Å²) in [4.78, 5) is 36.8. The molecule has 0 unspecified atom stereocenters. The lowest BCUT2D eigenvalue weighted by Crippen LogP contribution is -2.08. The highest BCUT2D eigenvalue weighted by molar-refractivity contribution is 6.05. The summed E-state index contributed by atoms with van der Waals surface area (Å²) in [5.74, 6) is 0.235. The van der Waals surface area contributed by atoms with E-state index in [4.69, 9.17) is 30.6 Å². The summed E-state index contributed by atoms with van der Waals surface area (Å²) in [5, 5.41) is 31.9. The third kappa shape index (κ3) is 6.96. The first-order valence-electron chi connectivity index (χ1n) is 6.99. The van der Waals surface area contributed by atoms with Crippen LogP contribution in [0.1, 0.15) is 0 Å². The molecule has 0 aliphatic carbocycles. The number of rotatable bonds is 2. The van der Waals surface area contributed by atoms with Crippen molar-refractivity contribution in [3.05, 3.63) is 75.5 Å². The number of aromatic nitrogens is 2. The van der Waals surface area contributed by atoms with Crippen molar-refractivity contribution < 1.29 is 25.4 Å². The summed E-state index contributed by atoms with van der Waals surface area (Å²) >= 11 is 0. The van der Waals surface area contributed by atoms with Crippen molar-refractivity contribution in [1.82, 2.24) is 9.97 Å². The Morgan fingerprint density at radius 3 is 2.30 bits per heavy atom. The maximum absolute atomic E-state index is 11.3. The quantitative estimate of drug-likeness (QED) is 0.261. The normalized spacial score (nSPS) is 9.19. The Hall–Kier alpha value is -4.35. The Bertz CT molecular complexity index is 973. The van der Waals surface area contributed by atoms with Gasteiger partial charge in [-0.1, -0.05) is 12.6 Å². The molecule has 3 N–H and O–H groups in total. The third-order valence-electron chi connectivity index (χ3n) is 2.88. The van der Waals surface area contributed by atoms with E-state index in [-0.39, 0.29) is 5.91 Å². The zero-order chi connectivity index (χ0) is 20.4. The number of anilines is 1. The molecule has 2 heterocycles. The van der Waals surface area contributed by atoms with Crippen molar-refractivity contribution in [3.63, 3.8) is 0 Å². The third-order valence-corrected chi connectivity index (χ3v) is 2.88. The molecule has 2 aromatic heterocycles. The Labute approximate surface area is 150 Å². The maximum Gasteiger partial charge on any atom is 0.291 e. The van der Waals surface area contributed by atoms with Crippen LogP contribution in [0, 0.1) is 20.2 Å². The molecule has 1 amide bonds. The first-order chi connectivity index (χ1) is 12.7. The summed E-state index contributed by atoms with van der Waals surface area (Å²) in [5.41, 5.74) is 1.71. The fraction of sp³-hybridized carbons (Fsp3) is 0. The fourth-order valence-electron chi connectivity index (χ4n) is 1.99. The highest BCUT2D eigenvalue weighted by Crippen LogP contribution is 2.23. The van der Waals surface area contributed by atoms with Gasteiger partial charge in [-0.15, -0.1) is 20.2 Å². The summed E-state index contributed by atoms with van der Waals surface area (Å²) in [6.45, 7) is 3.42. The van der Waals surface area contributed by atoms with E-state index in [0.29, 0.717) is 5.82 Å². The number of nitrogens with zero attached hydrogens (tertiary/aromatic N) is 4. The minimum absolute atomic E-state index is 0.273. The van der Waals surface area contributed by atoms with E-state index in [0.717, 1.165) is 21.8 Å². The minimum Gasteiger partial charge on any atom is -0.328 e. The van der Waals surface area contributed by atoms with Crippen molar-refractivity contribution >= 4 is 33.5 Å². The van der Waals surface area contributed by atoms with Gasteiger partial charge in [0, 0.05) is 17.0 Å². The number of nitrogens with one attached hydrogen (secondary N) is 1. The second-order valence-corrected chi connectivity index (χ2v) is 4.57. The molecular formula is C15H13N5O7. The molecule has 0 spiro atoms. The number of amides is 1. The van der Waals surface area contributed by atoms with Gasteiger partial charge < -0.3 is 15.7 Å². The van der Waals surface area contributed by atoms with E-state index in [1.165, 1.54) is 6.08 Å². The molecule has 140 valence electrons. The Morgan fingerprint density at radius 2 is 1.70 bits per heavy atom. The molecule has 0 saturated carbocycles. The highest BCUT2D eigenvalue weighted by Gasteiger charge is 2.05. The summed E-state index contributed by atoms with van der Waals surface area (Å²) in [6, 6.07) is 11.5. The van der Waals surface area contributed by atoms with Gasteiger partial charge >= 0.3 is 0 Å². The van der Waals surface area contributed by atoms with E-state index in [1.807, 2.05) is 30.3 Å². The smallest absolute Gasteiger partial charge is 0.291 e. The topological polar surface area (TPSA) is 182 Å². The van der Waals surface area contributed by atoms with Gasteiger partial charge in [0.1, 0.15) is 5.82 Å². The van der Waals surface area contributed by atoms with Crippen LogP contribution in [0.3, 0.4) is 0 Å². The summed E-state index contributed by atoms with van der Waals surface area (Å²) in [6.07, 6.45) is 2.97. The van der Waals surface area contributed by atoms with E-state index in [9.17, 15) is 4.79 Å². The molecule has 0 bridgehead atoms. The molecule has 0 radical (unpaired) electrons. The Kier molecular flexibility index (Phi) is 7.53. The Balaban J connectivity index is 0.000000390. The lowest BCUT2D eigenvalue weighted by atomic mass is 10.1. The number of benzene rings is 1. The predicted molar refractivity (Wildman–Crippen MR) is 93.4 cm³/mol. The SMILES string of the molecule is C=CC(=O)Nc1ccc2ccc3ncccc3c2n1.O=[N+]([O-])O.O=[N+]([O-])O. The molecule has 3 aromatic rings. The predicted octanol–water partition coefficient (Wildman–Crippen LogP) is 2.21. The zero-order valence-corrected chi connectivity index (χ0v) is 13.6. The molecule has 1 aromatic carbocycles. The van der Waals surface area contributed by atoms with Gasteiger partial charge in [0.2, 0.25) is 5.91 Å². The standard InChI is InChI=1S/C15H11N3O.2HNO3/c1-2-14(19)17-13-8-6-10-5-7-12-11(15(10)18-13)4-3-9-16-12;2*2-1(3)4/h2-9H,1H2,(H,17,18,19);2*(H,2,3,4). The molecule has 12 heteroatoms. The molecule has 27 heavy (non-hydrogen) atoms. The van der Waals surface area contributed by atoms with Crippen molar-refractivity contribution in [2.75, 3.05) is 5.32 Å². The molecule has 0 aliphatic heterocycles. The Morgan fingerprint density at radius 1 is 1.11 bits per heavy atom. The first kappa shape index (κ1) is 20.7. The zero-order valence-electron chi connectivity index (χ0n) is 13.6. The van der Waals surface area contributed by atoms with Crippen LogP contribution in [-0.4, -0.2) is 36.5 Å². The van der Waals surface area contributed by atoms with Gasteiger partial charge in [-0.3, -0.25) is 9.78 Å². The number of carbonyl (C=O) groups is 1. The average Bonchev–Trinajstić information content (AvgIpc) is 2.60. The molecule has 0 fully saturated rings. The highest BCUT2D eigenvalue weighted by atomic mass is 16.9. The van der Waals surface area contributed by atoms with Crippen LogP contribution in [0.4, 0.5) is 5.82 Å². The summed E-state index contributed by atoms with van der Waals surface area (Å²) < 4.78 is 0. The van der Waals surface area contributed by atoms with E-state index >= 15 is 0 Å². The number of hydrogen-bond donors (Lipinski definition) is 3. The maximum atomic E-state index is 11.3. The molecule has 0 atom stereocenters. The van der Waals surface area contributed by atoms with Crippen molar-refractivity contribution in [2.45, 2.75) is 0 Å². The van der Waals surface area contributed by atoms with Crippen LogP contribution < -0.4 is 5.32 Å². The van der Waals surface area contributed by atoms with Crippen LogP contribution in [0.2, 0.25) is 0 Å². The van der Waals surface area contributed by atoms with Crippen molar-refractivity contribution in [3.8, 4) is 0 Å². The summed E-state index contributed by atoms with van der Waals surface area (Å²) in [7, 11) is 0. The van der Waals surface area contributed by atoms with Gasteiger partial charge in [0.25, 0.3) is 10.2 Å². The van der Waals surface area contributed by atoms with Gasteiger partial charge in [0.15, 0.2) is 0 Å². The number of hydrogen-bond acceptors (Lipinski definition) is 7. The van der Waals surface area contributed by atoms with Crippen LogP contribution in [0.25, 0.3) is 21.8 Å². The average molecular weight is 375 g/mol. The first-order valence-corrected chi connectivity index (χ1v) is 6.99. The number of carbonyl (C=O) groups excluding carboxylic acids is 1. The van der Waals surface area contributed by atoms with Gasteiger partial charge in [0.05, 0.1) is 11.0 Å². The molecular weight excluding hydrogens is 362 g/mol. The number of pyridine rings is 2. The number of fused-ring (bicyclic) bond motifs is 3. The lowest BCUT2D eigenvalue weighted by molar-refractivity contribution is -0.742. The largest absolute Gasteiger partial charge is 0.328 e. The van der Waals surface area contributed by atoms with Crippen LogP contribution in [-0.2, 0) is 4.79 Å². The molecule has 0 aliphatic rings. The second kappa shape index (κ2) is 9.83. The van der Waals surface area contributed by atoms with Crippen molar-refractivity contribution in [1.29, 1.82) is 0 Å². The lowest BCUT2D eigenvalue weighted by Gasteiger charge is -2.05. The monoisotopic (exact) mass is 375 g/mol. The minimum atomic E-state index is -1.50. The van der Waals surface area contributed by atoms with Gasteiger partial charge in [-0.25, -0.2) is 4.98 Å².